The Morgan fingerprint density at radius 1 is 1.06 bits per heavy atom. The third-order valence-electron chi connectivity index (χ3n) is 7.52. The molecule has 182 valence electrons. The maximum atomic E-state index is 15.4. The second kappa shape index (κ2) is 8.27. The number of pyridine rings is 1. The molecule has 3 heterocycles. The average molecular weight is 479 g/mol. The van der Waals surface area contributed by atoms with Gasteiger partial charge in [-0.05, 0) is 55.5 Å². The van der Waals surface area contributed by atoms with Crippen molar-refractivity contribution in [3.05, 3.63) is 64.2 Å². The second-order valence-electron chi connectivity index (χ2n) is 9.85. The predicted octanol–water partition coefficient (Wildman–Crippen LogP) is 3.97. The molecule has 3 fully saturated rings. The Bertz CT molecular complexity index is 1350. The van der Waals surface area contributed by atoms with Crippen LogP contribution in [0.5, 0.6) is 5.75 Å². The Hall–Kier alpha value is -3.59. The third-order valence-corrected chi connectivity index (χ3v) is 7.52. The molecule has 3 N–H and O–H groups in total. The van der Waals surface area contributed by atoms with Crippen molar-refractivity contribution in [1.82, 2.24) is 9.47 Å². The molecule has 2 saturated heterocycles. The molecule has 2 unspecified atom stereocenters. The van der Waals surface area contributed by atoms with Gasteiger partial charge in [0.2, 0.25) is 5.43 Å². The van der Waals surface area contributed by atoms with E-state index in [0.717, 1.165) is 37.9 Å². The summed E-state index contributed by atoms with van der Waals surface area (Å²) < 4.78 is 22.0. The lowest BCUT2D eigenvalue weighted by molar-refractivity contribution is 0.143. The summed E-state index contributed by atoms with van der Waals surface area (Å²) >= 11 is 0. The van der Waals surface area contributed by atoms with Crippen molar-refractivity contribution in [3.63, 3.8) is 0 Å². The van der Waals surface area contributed by atoms with Crippen molar-refractivity contribution in [2.75, 3.05) is 23.7 Å². The van der Waals surface area contributed by atoms with Crippen LogP contribution in [-0.4, -0.2) is 45.9 Å². The summed E-state index contributed by atoms with van der Waals surface area (Å²) in [7, 11) is 0. The largest absolute Gasteiger partial charge is 0.511 e. The van der Waals surface area contributed by atoms with E-state index in [4.69, 9.17) is 15.6 Å². The molecular weight excluding hydrogens is 451 g/mol. The van der Waals surface area contributed by atoms with Gasteiger partial charge in [0.25, 0.3) is 0 Å². The number of anilines is 2. The summed E-state index contributed by atoms with van der Waals surface area (Å²) in [5.74, 6) is -0.769. The van der Waals surface area contributed by atoms with E-state index in [-0.39, 0.29) is 17.2 Å². The molecule has 3 aliphatic rings. The van der Waals surface area contributed by atoms with Gasteiger partial charge in [-0.1, -0.05) is 12.1 Å². The molecule has 0 radical (unpaired) electrons. The summed E-state index contributed by atoms with van der Waals surface area (Å²) in [5.41, 5.74) is 8.28. The van der Waals surface area contributed by atoms with Crippen LogP contribution in [-0.2, 0) is 6.54 Å². The predicted molar refractivity (Wildman–Crippen MR) is 131 cm³/mol. The minimum absolute atomic E-state index is 0.141. The van der Waals surface area contributed by atoms with Gasteiger partial charge in [0.1, 0.15) is 5.82 Å². The van der Waals surface area contributed by atoms with Crippen LogP contribution < -0.4 is 20.8 Å². The zero-order chi connectivity index (χ0) is 24.3. The highest BCUT2D eigenvalue weighted by atomic mass is 19.1. The topological polar surface area (TPSA) is 101 Å². The zero-order valence-corrected chi connectivity index (χ0v) is 19.2. The van der Waals surface area contributed by atoms with Crippen LogP contribution in [0.2, 0.25) is 0 Å². The molecular formula is C26H27FN4O4. The number of benzene rings is 2. The van der Waals surface area contributed by atoms with E-state index in [0.29, 0.717) is 36.4 Å². The summed E-state index contributed by atoms with van der Waals surface area (Å²) in [5, 5.41) is 9.14. The van der Waals surface area contributed by atoms with E-state index in [9.17, 15) is 9.59 Å². The first-order valence-corrected chi connectivity index (χ1v) is 12.0. The number of rotatable bonds is 5. The normalized spacial score (nSPS) is 22.0. The fraction of sp³-hybridized carbons (Fsp3) is 0.385. The highest BCUT2D eigenvalue weighted by molar-refractivity contribution is 5.85. The van der Waals surface area contributed by atoms with E-state index in [1.54, 1.807) is 6.07 Å². The highest BCUT2D eigenvalue weighted by Crippen LogP contribution is 2.40. The molecule has 6 rings (SSSR count). The minimum Gasteiger partial charge on any atom is -0.449 e. The van der Waals surface area contributed by atoms with Gasteiger partial charge in [0.05, 0.1) is 22.8 Å². The smallest absolute Gasteiger partial charge is 0.449 e. The van der Waals surface area contributed by atoms with Gasteiger partial charge in [0, 0.05) is 43.4 Å². The van der Waals surface area contributed by atoms with Crippen LogP contribution in [0.3, 0.4) is 0 Å². The fourth-order valence-electron chi connectivity index (χ4n) is 5.68. The van der Waals surface area contributed by atoms with Gasteiger partial charge in [0.15, 0.2) is 5.75 Å². The number of nitrogens with zero attached hydrogens (tertiary/aromatic N) is 3. The first-order valence-electron chi connectivity index (χ1n) is 12.0. The lowest BCUT2D eigenvalue weighted by atomic mass is 10.1. The van der Waals surface area contributed by atoms with Crippen molar-refractivity contribution in [2.45, 2.75) is 50.4 Å². The molecule has 1 aromatic heterocycles. The Labute approximate surface area is 201 Å². The number of fused-ring (bicyclic) bond motifs is 3. The Kier molecular flexibility index (Phi) is 5.17. The average Bonchev–Trinajstić information content (AvgIpc) is 3.63. The number of ether oxygens (including phenoxy) is 1. The standard InChI is InChI=1S/C26H27FN4O4/c27-21-9-20-22(31(17-5-6-17)14-24(25(20)32)35-26(33)34)10-23(21)29-12-18-7-8-19(13-29)30(18)11-15-1-3-16(28)4-2-15/h1-4,9-10,14,17-19H,5-8,11-13,28H2,(H,33,34). The molecule has 0 spiro atoms. The van der Waals surface area contributed by atoms with Crippen LogP contribution in [0.4, 0.5) is 20.6 Å². The van der Waals surface area contributed by atoms with Crippen LogP contribution in [0, 0.1) is 5.82 Å². The first-order chi connectivity index (χ1) is 16.9. The Morgan fingerprint density at radius 2 is 1.71 bits per heavy atom. The van der Waals surface area contributed by atoms with Crippen molar-refractivity contribution >= 4 is 28.4 Å². The monoisotopic (exact) mass is 478 g/mol. The van der Waals surface area contributed by atoms with E-state index >= 15 is 4.39 Å². The van der Waals surface area contributed by atoms with E-state index in [1.165, 1.54) is 17.8 Å². The summed E-state index contributed by atoms with van der Waals surface area (Å²) in [6, 6.07) is 11.7. The second-order valence-corrected chi connectivity index (χ2v) is 9.85. The lowest BCUT2D eigenvalue weighted by Gasteiger charge is -2.42. The van der Waals surface area contributed by atoms with Crippen LogP contribution in [0.25, 0.3) is 10.9 Å². The molecule has 2 aromatic carbocycles. The first kappa shape index (κ1) is 21.9. The number of carboxylic acid groups (broad SMARTS) is 1. The quantitative estimate of drug-likeness (QED) is 0.423. The van der Waals surface area contributed by atoms with Crippen molar-refractivity contribution in [3.8, 4) is 5.75 Å². The Balaban J connectivity index is 1.32. The van der Waals surface area contributed by atoms with Crippen LogP contribution in [0.15, 0.2) is 47.4 Å². The summed E-state index contributed by atoms with van der Waals surface area (Å²) in [6.45, 7) is 2.26. The molecule has 2 atom stereocenters. The van der Waals surface area contributed by atoms with Crippen LogP contribution in [0.1, 0.15) is 37.3 Å². The van der Waals surface area contributed by atoms with Crippen molar-refractivity contribution in [1.29, 1.82) is 0 Å². The van der Waals surface area contributed by atoms with Gasteiger partial charge in [-0.2, -0.15) is 0 Å². The molecule has 3 aromatic rings. The molecule has 9 heteroatoms. The number of hydrogen-bond acceptors (Lipinski definition) is 6. The van der Waals surface area contributed by atoms with E-state index < -0.39 is 17.4 Å². The number of nitrogen functional groups attached to an aromatic ring is 1. The SMILES string of the molecule is Nc1ccc(CN2C3CCC2CN(c2cc4c(cc2F)c(=O)c(OC(=O)O)cn4C2CC2)C3)cc1. The number of halogens is 1. The van der Waals surface area contributed by atoms with Crippen molar-refractivity contribution < 1.29 is 19.0 Å². The third kappa shape index (κ3) is 3.99. The number of hydrogen-bond donors (Lipinski definition) is 2. The minimum atomic E-state index is -1.56. The molecule has 2 bridgehead atoms. The summed E-state index contributed by atoms with van der Waals surface area (Å²) in [4.78, 5) is 28.5. The molecule has 35 heavy (non-hydrogen) atoms. The van der Waals surface area contributed by atoms with Crippen LogP contribution >= 0.6 is 0 Å². The number of piperazine rings is 1. The molecule has 8 nitrogen and oxygen atoms in total. The molecule has 0 amide bonds. The zero-order valence-electron chi connectivity index (χ0n) is 19.2. The van der Waals surface area contributed by atoms with Gasteiger partial charge in [-0.3, -0.25) is 9.69 Å². The number of aromatic nitrogens is 1. The van der Waals surface area contributed by atoms with Gasteiger partial charge in [-0.15, -0.1) is 0 Å². The van der Waals surface area contributed by atoms with Crippen molar-refractivity contribution in [2.24, 2.45) is 0 Å². The molecule has 2 aliphatic heterocycles. The number of nitrogens with two attached hydrogens (primary N) is 1. The van der Waals surface area contributed by atoms with Gasteiger partial charge in [-0.25, -0.2) is 9.18 Å². The maximum absolute atomic E-state index is 15.4. The maximum Gasteiger partial charge on any atom is 0.511 e. The Morgan fingerprint density at radius 3 is 2.34 bits per heavy atom. The highest BCUT2D eigenvalue weighted by Gasteiger charge is 2.40. The van der Waals surface area contributed by atoms with E-state index in [2.05, 4.69) is 21.9 Å². The summed E-state index contributed by atoms with van der Waals surface area (Å²) in [6.07, 6.45) is 3.86. The molecule has 1 saturated carbocycles. The van der Waals surface area contributed by atoms with Gasteiger partial charge >= 0.3 is 6.16 Å². The van der Waals surface area contributed by atoms with E-state index in [1.807, 2.05) is 16.7 Å². The lowest BCUT2D eigenvalue weighted by Crippen LogP contribution is -2.53. The number of carbonyl (C=O) groups is 1. The molecule has 1 aliphatic carbocycles. The van der Waals surface area contributed by atoms with Gasteiger partial charge < -0.3 is 25.0 Å². The fourth-order valence-corrected chi connectivity index (χ4v) is 5.68.